The molecule has 0 aliphatic rings. The molecule has 0 fully saturated rings. The Bertz CT molecular complexity index is 739. The lowest BCUT2D eigenvalue weighted by atomic mass is 10.1. The van der Waals surface area contributed by atoms with Crippen molar-refractivity contribution in [2.75, 3.05) is 0 Å². The molecule has 3 rings (SSSR count). The summed E-state index contributed by atoms with van der Waals surface area (Å²) in [6, 6.07) is 10.0. The molecule has 0 spiro atoms. The molecule has 1 atom stereocenters. The van der Waals surface area contributed by atoms with Gasteiger partial charge in [0.05, 0.1) is 30.2 Å². The zero-order chi connectivity index (χ0) is 15.4. The van der Waals surface area contributed by atoms with Gasteiger partial charge in [0.25, 0.3) is 0 Å². The Labute approximate surface area is 129 Å². The van der Waals surface area contributed by atoms with Gasteiger partial charge in [-0.1, -0.05) is 25.1 Å². The lowest BCUT2D eigenvalue weighted by Gasteiger charge is -2.07. The number of rotatable bonds is 5. The molecule has 112 valence electrons. The van der Waals surface area contributed by atoms with Gasteiger partial charge in [-0.25, -0.2) is 0 Å². The highest BCUT2D eigenvalue weighted by Gasteiger charge is 2.07. The number of aliphatic hydroxyl groups is 1. The normalized spacial score (nSPS) is 12.3. The Balaban J connectivity index is 1.87. The molecule has 1 unspecified atom stereocenters. The maximum absolute atomic E-state index is 9.71. The summed E-state index contributed by atoms with van der Waals surface area (Å²) in [4.78, 5) is 8.42. The van der Waals surface area contributed by atoms with Crippen LogP contribution in [0.3, 0.4) is 0 Å². The topological polar surface area (TPSA) is 63.8 Å². The molecular weight excluding hydrogens is 276 g/mol. The Hall–Kier alpha value is -2.53. The first-order chi connectivity index (χ1) is 10.8. The molecular formula is C17H18N4O. The Kier molecular flexibility index (Phi) is 4.25. The lowest BCUT2D eigenvalue weighted by molar-refractivity contribution is 0.145. The Morgan fingerprint density at radius 1 is 1.14 bits per heavy atom. The van der Waals surface area contributed by atoms with E-state index in [2.05, 4.69) is 15.1 Å². The van der Waals surface area contributed by atoms with E-state index in [1.165, 1.54) is 0 Å². The molecule has 2 aromatic heterocycles. The van der Waals surface area contributed by atoms with Gasteiger partial charge in [0.1, 0.15) is 0 Å². The minimum absolute atomic E-state index is 0.362. The van der Waals surface area contributed by atoms with Crippen molar-refractivity contribution in [1.29, 1.82) is 0 Å². The molecule has 0 amide bonds. The zero-order valence-electron chi connectivity index (χ0n) is 12.4. The van der Waals surface area contributed by atoms with Gasteiger partial charge < -0.3 is 5.11 Å². The number of aromatic nitrogens is 4. The Morgan fingerprint density at radius 3 is 2.68 bits per heavy atom. The highest BCUT2D eigenvalue weighted by Crippen LogP contribution is 2.23. The first-order valence-electron chi connectivity index (χ1n) is 7.34. The van der Waals surface area contributed by atoms with Crippen molar-refractivity contribution in [1.82, 2.24) is 19.7 Å². The third-order valence-corrected chi connectivity index (χ3v) is 3.53. The van der Waals surface area contributed by atoms with Crippen LogP contribution in [0, 0.1) is 0 Å². The minimum atomic E-state index is -0.362. The largest absolute Gasteiger partial charge is 0.391 e. The van der Waals surface area contributed by atoms with E-state index < -0.39 is 0 Å². The van der Waals surface area contributed by atoms with Crippen LogP contribution < -0.4 is 0 Å². The second-order valence-corrected chi connectivity index (χ2v) is 5.16. The summed E-state index contributed by atoms with van der Waals surface area (Å²) in [6.45, 7) is 2.47. The molecule has 0 saturated heterocycles. The van der Waals surface area contributed by atoms with Gasteiger partial charge in [-0.05, 0) is 18.6 Å². The van der Waals surface area contributed by atoms with Gasteiger partial charge in [-0.3, -0.25) is 14.6 Å². The summed E-state index contributed by atoms with van der Waals surface area (Å²) in [6.07, 6.45) is 7.34. The van der Waals surface area contributed by atoms with Gasteiger partial charge in [-0.2, -0.15) is 5.10 Å². The molecule has 0 aliphatic heterocycles. The molecule has 0 radical (unpaired) electrons. The van der Waals surface area contributed by atoms with Crippen molar-refractivity contribution in [3.63, 3.8) is 0 Å². The molecule has 22 heavy (non-hydrogen) atoms. The van der Waals surface area contributed by atoms with E-state index in [1.807, 2.05) is 43.5 Å². The van der Waals surface area contributed by atoms with Crippen molar-refractivity contribution >= 4 is 0 Å². The van der Waals surface area contributed by atoms with E-state index in [4.69, 9.17) is 0 Å². The van der Waals surface area contributed by atoms with Crippen LogP contribution in [0.2, 0.25) is 0 Å². The summed E-state index contributed by atoms with van der Waals surface area (Å²) in [5.41, 5.74) is 3.75. The number of benzene rings is 1. The highest BCUT2D eigenvalue weighted by atomic mass is 16.3. The number of hydrogen-bond acceptors (Lipinski definition) is 4. The van der Waals surface area contributed by atoms with Crippen molar-refractivity contribution < 1.29 is 5.11 Å². The van der Waals surface area contributed by atoms with Crippen molar-refractivity contribution in [3.8, 4) is 22.5 Å². The molecule has 0 aliphatic carbocycles. The lowest BCUT2D eigenvalue weighted by Crippen LogP contribution is -2.14. The van der Waals surface area contributed by atoms with E-state index in [1.54, 1.807) is 23.3 Å². The van der Waals surface area contributed by atoms with E-state index in [0.717, 1.165) is 28.9 Å². The summed E-state index contributed by atoms with van der Waals surface area (Å²) in [5.74, 6) is 0. The first-order valence-corrected chi connectivity index (χ1v) is 7.34. The molecule has 1 aromatic carbocycles. The van der Waals surface area contributed by atoms with Crippen LogP contribution in [-0.4, -0.2) is 31.0 Å². The third kappa shape index (κ3) is 3.20. The van der Waals surface area contributed by atoms with Crippen LogP contribution in [0.5, 0.6) is 0 Å². The highest BCUT2D eigenvalue weighted by molar-refractivity contribution is 5.68. The SMILES string of the molecule is CCC(O)Cn1ccc(-c2cccc(-c3cnccn3)c2)n1. The fourth-order valence-corrected chi connectivity index (χ4v) is 2.25. The quantitative estimate of drug-likeness (QED) is 0.786. The molecule has 5 nitrogen and oxygen atoms in total. The standard InChI is InChI=1S/C17H18N4O/c1-2-15(22)12-21-9-6-16(20-21)13-4-3-5-14(10-13)17-11-18-7-8-19-17/h3-11,15,22H,2,12H2,1H3. The van der Waals surface area contributed by atoms with E-state index in [9.17, 15) is 5.11 Å². The van der Waals surface area contributed by atoms with Crippen LogP contribution in [0.1, 0.15) is 13.3 Å². The molecule has 3 aromatic rings. The maximum Gasteiger partial charge on any atom is 0.0923 e. The van der Waals surface area contributed by atoms with Crippen LogP contribution in [0.25, 0.3) is 22.5 Å². The van der Waals surface area contributed by atoms with Crippen LogP contribution >= 0.6 is 0 Å². The fraction of sp³-hybridized carbons (Fsp3) is 0.235. The smallest absolute Gasteiger partial charge is 0.0923 e. The maximum atomic E-state index is 9.71. The zero-order valence-corrected chi connectivity index (χ0v) is 12.4. The molecule has 5 heteroatoms. The predicted molar refractivity (Wildman–Crippen MR) is 85.0 cm³/mol. The fourth-order valence-electron chi connectivity index (χ4n) is 2.25. The van der Waals surface area contributed by atoms with E-state index in [0.29, 0.717) is 6.54 Å². The second-order valence-electron chi connectivity index (χ2n) is 5.16. The molecule has 0 saturated carbocycles. The summed E-state index contributed by atoms with van der Waals surface area (Å²) in [5, 5.41) is 14.2. The van der Waals surface area contributed by atoms with E-state index >= 15 is 0 Å². The van der Waals surface area contributed by atoms with Gasteiger partial charge in [0.2, 0.25) is 0 Å². The minimum Gasteiger partial charge on any atom is -0.391 e. The van der Waals surface area contributed by atoms with E-state index in [-0.39, 0.29) is 6.10 Å². The third-order valence-electron chi connectivity index (χ3n) is 3.53. The van der Waals surface area contributed by atoms with Gasteiger partial charge in [0, 0.05) is 29.7 Å². The summed E-state index contributed by atoms with van der Waals surface area (Å²) in [7, 11) is 0. The molecule has 2 heterocycles. The number of hydrogen-bond donors (Lipinski definition) is 1. The van der Waals surface area contributed by atoms with Gasteiger partial charge in [-0.15, -0.1) is 0 Å². The van der Waals surface area contributed by atoms with Gasteiger partial charge >= 0.3 is 0 Å². The summed E-state index contributed by atoms with van der Waals surface area (Å²) < 4.78 is 1.78. The first kappa shape index (κ1) is 14.4. The predicted octanol–water partition coefficient (Wildman–Crippen LogP) is 2.78. The monoisotopic (exact) mass is 294 g/mol. The van der Waals surface area contributed by atoms with Crippen molar-refractivity contribution in [2.24, 2.45) is 0 Å². The van der Waals surface area contributed by atoms with Crippen LogP contribution in [-0.2, 0) is 6.54 Å². The number of aliphatic hydroxyl groups excluding tert-OH is 1. The van der Waals surface area contributed by atoms with Crippen molar-refractivity contribution in [3.05, 3.63) is 55.1 Å². The molecule has 0 bridgehead atoms. The average molecular weight is 294 g/mol. The van der Waals surface area contributed by atoms with Crippen LogP contribution in [0.15, 0.2) is 55.1 Å². The van der Waals surface area contributed by atoms with Crippen LogP contribution in [0.4, 0.5) is 0 Å². The van der Waals surface area contributed by atoms with Crippen molar-refractivity contribution in [2.45, 2.75) is 26.0 Å². The summed E-state index contributed by atoms with van der Waals surface area (Å²) >= 11 is 0. The number of nitrogens with zero attached hydrogens (tertiary/aromatic N) is 4. The molecule has 1 N–H and O–H groups in total. The average Bonchev–Trinajstić information content (AvgIpc) is 3.04. The van der Waals surface area contributed by atoms with Gasteiger partial charge in [0.15, 0.2) is 0 Å². The second kappa shape index (κ2) is 6.49. The Morgan fingerprint density at radius 2 is 1.95 bits per heavy atom.